The fraction of sp³-hybridized carbons (Fsp3) is 0. The quantitative estimate of drug-likeness (QED) is 0.333. The fourth-order valence-electron chi connectivity index (χ4n) is 0.713. The number of H-pyrrole nitrogens is 1. The molecule has 1 heterocycles. The van der Waals surface area contributed by atoms with Crippen molar-refractivity contribution in [1.29, 1.82) is 0 Å². The van der Waals surface area contributed by atoms with Crippen molar-refractivity contribution in [2.45, 2.75) is 0 Å². The molecule has 66 valence electrons. The average molecular weight is 197 g/mol. The van der Waals surface area contributed by atoms with Gasteiger partial charge in [0.1, 0.15) is 5.69 Å². The van der Waals surface area contributed by atoms with Crippen LogP contribution in [0.15, 0.2) is 17.3 Å². The molecule has 0 saturated heterocycles. The van der Waals surface area contributed by atoms with Crippen LogP contribution in [0.4, 0.5) is 5.69 Å². The maximum atomic E-state index is 10.9. The maximum absolute atomic E-state index is 10.9. The predicted molar refractivity (Wildman–Crippen MR) is 46.8 cm³/mol. The highest BCUT2D eigenvalue weighted by Gasteiger charge is 2.12. The Bertz CT molecular complexity index is 405. The molecule has 1 rings (SSSR count). The van der Waals surface area contributed by atoms with Crippen LogP contribution in [0.3, 0.4) is 0 Å². The monoisotopic (exact) mass is 197 g/mol. The third kappa shape index (κ3) is 2.05. The number of nitrogens with one attached hydrogen (secondary N) is 1. The molecule has 0 aliphatic heterocycles. The molecule has 0 radical (unpaired) electrons. The van der Waals surface area contributed by atoms with Gasteiger partial charge in [-0.3, -0.25) is 14.9 Å². The summed E-state index contributed by atoms with van der Waals surface area (Å²) < 4.78 is 0. The molecular weight excluding hydrogens is 194 g/mol. The van der Waals surface area contributed by atoms with Crippen molar-refractivity contribution in [3.8, 4) is 0 Å². The minimum atomic E-state index is -0.678. The Hall–Kier alpha value is -1.85. The summed E-state index contributed by atoms with van der Waals surface area (Å²) in [4.78, 5) is 26.1. The molecule has 1 aromatic rings. The van der Waals surface area contributed by atoms with Crippen LogP contribution in [0, 0.1) is 10.1 Å². The van der Waals surface area contributed by atoms with Gasteiger partial charge in [0.15, 0.2) is 0 Å². The summed E-state index contributed by atoms with van der Waals surface area (Å²) in [5, 5.41) is 12.1. The van der Waals surface area contributed by atoms with E-state index in [9.17, 15) is 14.9 Å². The number of nitro groups is 1. The topological polar surface area (TPSA) is 88.4 Å². The number of thiocarbonyl (C=S) groups is 1. The summed E-state index contributed by atoms with van der Waals surface area (Å²) in [6.07, 6.45) is 1.10. The van der Waals surface area contributed by atoms with E-state index in [2.05, 4.69) is 22.2 Å². The zero-order valence-corrected chi connectivity index (χ0v) is 7.00. The normalized spacial score (nSPS) is 8.92. The molecule has 6 nitrogen and oxygen atoms in total. The molecule has 0 aromatic carbocycles. The van der Waals surface area contributed by atoms with Gasteiger partial charge in [0, 0.05) is 6.07 Å². The van der Waals surface area contributed by atoms with Gasteiger partial charge in [-0.15, -0.1) is 0 Å². The van der Waals surface area contributed by atoms with E-state index in [1.54, 1.807) is 0 Å². The van der Waals surface area contributed by atoms with E-state index in [0.29, 0.717) is 0 Å². The second-order valence-electron chi connectivity index (χ2n) is 2.04. The van der Waals surface area contributed by atoms with Crippen LogP contribution in [-0.4, -0.2) is 21.0 Å². The third-order valence-electron chi connectivity index (χ3n) is 1.26. The first-order chi connectivity index (χ1) is 6.15. The van der Waals surface area contributed by atoms with Gasteiger partial charge in [-0.05, 0) is 12.2 Å². The SMILES string of the molecule is O=C(N=C=S)c1cc([N+](=O)[O-])c[nH]1. The number of rotatable bonds is 2. The molecule has 1 N–H and O–H groups in total. The number of amides is 1. The van der Waals surface area contributed by atoms with Gasteiger partial charge in [0.25, 0.3) is 5.69 Å². The molecule has 0 spiro atoms. The molecule has 0 saturated carbocycles. The van der Waals surface area contributed by atoms with E-state index in [1.165, 1.54) is 0 Å². The molecule has 0 bridgehead atoms. The summed E-state index contributed by atoms with van der Waals surface area (Å²) in [6, 6.07) is 1.08. The van der Waals surface area contributed by atoms with Gasteiger partial charge in [0.05, 0.1) is 16.3 Å². The lowest BCUT2D eigenvalue weighted by Crippen LogP contribution is -1.93. The lowest BCUT2D eigenvalue weighted by Gasteiger charge is -1.82. The number of carbonyl (C=O) groups is 1. The molecule has 0 fully saturated rings. The zero-order valence-electron chi connectivity index (χ0n) is 6.18. The second-order valence-corrected chi connectivity index (χ2v) is 2.22. The zero-order chi connectivity index (χ0) is 9.84. The molecule has 1 amide bonds. The van der Waals surface area contributed by atoms with Crippen molar-refractivity contribution >= 4 is 29.0 Å². The Kier molecular flexibility index (Phi) is 2.63. The Morgan fingerprint density at radius 1 is 1.77 bits per heavy atom. The molecule has 0 unspecified atom stereocenters. The highest BCUT2D eigenvalue weighted by molar-refractivity contribution is 7.78. The number of isothiocyanates is 1. The Morgan fingerprint density at radius 3 is 2.92 bits per heavy atom. The van der Waals surface area contributed by atoms with Crippen molar-refractivity contribution in [1.82, 2.24) is 4.98 Å². The smallest absolute Gasteiger partial charge is 0.302 e. The van der Waals surface area contributed by atoms with Crippen molar-refractivity contribution in [3.05, 3.63) is 28.1 Å². The largest absolute Gasteiger partial charge is 0.351 e. The van der Waals surface area contributed by atoms with E-state index in [-0.39, 0.29) is 11.4 Å². The fourth-order valence-corrected chi connectivity index (χ4v) is 0.796. The van der Waals surface area contributed by atoms with Gasteiger partial charge in [-0.2, -0.15) is 4.99 Å². The second kappa shape index (κ2) is 3.70. The third-order valence-corrected chi connectivity index (χ3v) is 1.35. The number of hydrogen-bond acceptors (Lipinski definition) is 4. The molecular formula is C6H3N3O3S. The highest BCUT2D eigenvalue weighted by Crippen LogP contribution is 2.12. The van der Waals surface area contributed by atoms with Crippen molar-refractivity contribution in [2.75, 3.05) is 0 Å². The number of carbonyl (C=O) groups excluding carboxylic acids is 1. The van der Waals surface area contributed by atoms with Gasteiger partial charge in [-0.25, -0.2) is 0 Å². The molecule has 7 heteroatoms. The number of aromatic amines is 1. The summed E-state index contributed by atoms with van der Waals surface area (Å²) in [6.45, 7) is 0. The first-order valence-electron chi connectivity index (χ1n) is 3.10. The lowest BCUT2D eigenvalue weighted by molar-refractivity contribution is -0.384. The molecule has 1 aromatic heterocycles. The van der Waals surface area contributed by atoms with Crippen LogP contribution in [0.2, 0.25) is 0 Å². The number of aromatic nitrogens is 1. The summed E-state index contributed by atoms with van der Waals surface area (Å²) in [5.74, 6) is -0.678. The van der Waals surface area contributed by atoms with Crippen LogP contribution < -0.4 is 0 Å². The van der Waals surface area contributed by atoms with Gasteiger partial charge in [-0.1, -0.05) is 0 Å². The van der Waals surface area contributed by atoms with Crippen LogP contribution in [0.25, 0.3) is 0 Å². The standard InChI is InChI=1S/C6H3N3O3S/c10-6(8-3-13)5-1-4(2-7-5)9(11)12/h1-2,7H. The number of nitrogens with zero attached hydrogens (tertiary/aromatic N) is 2. The van der Waals surface area contributed by atoms with Crippen molar-refractivity contribution in [2.24, 2.45) is 4.99 Å². The van der Waals surface area contributed by atoms with Gasteiger partial charge < -0.3 is 4.98 Å². The molecule has 13 heavy (non-hydrogen) atoms. The van der Waals surface area contributed by atoms with Crippen LogP contribution in [-0.2, 0) is 0 Å². The van der Waals surface area contributed by atoms with E-state index in [4.69, 9.17) is 0 Å². The number of hydrogen-bond donors (Lipinski definition) is 1. The van der Waals surface area contributed by atoms with Gasteiger partial charge in [0.2, 0.25) is 0 Å². The first kappa shape index (κ1) is 9.24. The summed E-state index contributed by atoms with van der Waals surface area (Å²) >= 11 is 4.20. The highest BCUT2D eigenvalue weighted by atomic mass is 32.1. The van der Waals surface area contributed by atoms with Crippen LogP contribution >= 0.6 is 12.2 Å². The van der Waals surface area contributed by atoms with Crippen LogP contribution in [0.1, 0.15) is 10.5 Å². The van der Waals surface area contributed by atoms with E-state index in [0.717, 1.165) is 12.3 Å². The Balaban J connectivity index is 2.98. The minimum Gasteiger partial charge on any atom is -0.351 e. The summed E-state index contributed by atoms with van der Waals surface area (Å²) in [7, 11) is 0. The Labute approximate surface area is 77.4 Å². The lowest BCUT2D eigenvalue weighted by atomic mass is 10.4. The first-order valence-corrected chi connectivity index (χ1v) is 3.51. The average Bonchev–Trinajstić information content (AvgIpc) is 2.52. The molecule has 0 aliphatic rings. The molecule has 0 atom stereocenters. The van der Waals surface area contributed by atoms with Gasteiger partial charge >= 0.3 is 5.91 Å². The van der Waals surface area contributed by atoms with Crippen molar-refractivity contribution < 1.29 is 9.72 Å². The van der Waals surface area contributed by atoms with E-state index >= 15 is 0 Å². The van der Waals surface area contributed by atoms with E-state index in [1.807, 2.05) is 5.16 Å². The van der Waals surface area contributed by atoms with Crippen LogP contribution in [0.5, 0.6) is 0 Å². The van der Waals surface area contributed by atoms with E-state index < -0.39 is 10.8 Å². The predicted octanol–water partition coefficient (Wildman–Crippen LogP) is 1.17. The molecule has 0 aliphatic carbocycles. The maximum Gasteiger partial charge on any atom is 0.302 e. The number of aliphatic imine (C=N–C) groups is 1. The summed E-state index contributed by atoms with van der Waals surface area (Å²) in [5.41, 5.74) is -0.174. The minimum absolute atomic E-state index is 0.0176. The van der Waals surface area contributed by atoms with Crippen molar-refractivity contribution in [3.63, 3.8) is 0 Å². The Morgan fingerprint density at radius 2 is 2.46 bits per heavy atom.